The summed E-state index contributed by atoms with van der Waals surface area (Å²) in [6.07, 6.45) is 0. The summed E-state index contributed by atoms with van der Waals surface area (Å²) in [4.78, 5) is 0.883. The highest BCUT2D eigenvalue weighted by molar-refractivity contribution is 6.54. The van der Waals surface area contributed by atoms with Gasteiger partial charge in [0.1, 0.15) is 0 Å². The maximum Gasteiger partial charge on any atom is 0.0717 e. The molecule has 0 saturated carbocycles. The summed E-state index contributed by atoms with van der Waals surface area (Å²) >= 11 is 0. The van der Waals surface area contributed by atoms with E-state index >= 15 is 0 Å². The van der Waals surface area contributed by atoms with Crippen molar-refractivity contribution in [3.05, 3.63) is 31.2 Å². The van der Waals surface area contributed by atoms with Gasteiger partial charge in [-0.15, -0.1) is 0 Å². The molecule has 0 aromatic heterocycles. The molecular formula is C6Si6. The summed E-state index contributed by atoms with van der Waals surface area (Å²) in [6, 6.07) is 0. The van der Waals surface area contributed by atoms with E-state index in [1.807, 2.05) is 0 Å². The first-order valence-corrected chi connectivity index (χ1v) is 6.00. The molecule has 0 aromatic rings. The van der Waals surface area contributed by atoms with Crippen LogP contribution < -0.4 is 0 Å². The normalized spacial score (nSPS) is 18.0. The lowest BCUT2D eigenvalue weighted by Crippen LogP contribution is -1.97. The van der Waals surface area contributed by atoms with Gasteiger partial charge in [0.15, 0.2) is 0 Å². The van der Waals surface area contributed by atoms with Crippen LogP contribution in [0.2, 0.25) is 0 Å². The summed E-state index contributed by atoms with van der Waals surface area (Å²) in [5.41, 5.74) is 1.03. The van der Waals surface area contributed by atoms with Crippen LogP contribution in [-0.2, 0) is 0 Å². The van der Waals surface area contributed by atoms with Gasteiger partial charge < -0.3 is 0 Å². The molecule has 1 aliphatic rings. The highest BCUT2D eigenvalue weighted by atomic mass is 28.2. The summed E-state index contributed by atoms with van der Waals surface area (Å²) in [7, 11) is 20.8. The molecule has 0 saturated heterocycles. The van der Waals surface area contributed by atoms with Crippen LogP contribution >= 0.6 is 0 Å². The van der Waals surface area contributed by atoms with Crippen molar-refractivity contribution < 1.29 is 0 Å². The zero-order chi connectivity index (χ0) is 9.46. The molecule has 0 nitrogen and oxygen atoms in total. The van der Waals surface area contributed by atoms with E-state index in [1.54, 1.807) is 0 Å². The van der Waals surface area contributed by atoms with Crippen LogP contribution in [0.25, 0.3) is 0 Å². The molecule has 0 bridgehead atoms. The van der Waals surface area contributed by atoms with Gasteiger partial charge in [-0.1, -0.05) is 25.6 Å². The molecule has 0 unspecified atom stereocenters. The lowest BCUT2D eigenvalue weighted by atomic mass is 10.3. The Morgan fingerprint density at radius 3 is 1.17 bits per heavy atom. The van der Waals surface area contributed by atoms with Crippen molar-refractivity contribution >= 4 is 61.5 Å². The van der Waals surface area contributed by atoms with Gasteiger partial charge in [0.25, 0.3) is 0 Å². The minimum absolute atomic E-state index is 0.883. The SMILES string of the molecule is [Si]C([Si])=C1C([Si])=C([Si])C([Si])=C1[Si]. The lowest BCUT2D eigenvalue weighted by molar-refractivity contribution is 1.69. The second-order valence-electron chi connectivity index (χ2n) is 2.25. The van der Waals surface area contributed by atoms with Gasteiger partial charge in [-0.2, -0.15) is 0 Å². The van der Waals surface area contributed by atoms with Crippen molar-refractivity contribution in [1.29, 1.82) is 0 Å². The second kappa shape index (κ2) is 3.72. The Morgan fingerprint density at radius 1 is 0.667 bits per heavy atom. The van der Waals surface area contributed by atoms with E-state index in [-0.39, 0.29) is 0 Å². The van der Waals surface area contributed by atoms with Gasteiger partial charge in [-0.25, -0.2) is 0 Å². The summed E-state index contributed by atoms with van der Waals surface area (Å²) in [5.74, 6) is 0. The van der Waals surface area contributed by atoms with Gasteiger partial charge in [0.2, 0.25) is 0 Å². The average Bonchev–Trinajstić information content (AvgIpc) is 2.16. The third-order valence-electron chi connectivity index (χ3n) is 1.50. The van der Waals surface area contributed by atoms with Crippen molar-refractivity contribution in [2.75, 3.05) is 0 Å². The molecule has 1 rings (SSSR count). The van der Waals surface area contributed by atoms with Crippen LogP contribution in [0.15, 0.2) is 31.2 Å². The Bertz CT molecular complexity index is 291. The van der Waals surface area contributed by atoms with E-state index in [0.29, 0.717) is 0 Å². The van der Waals surface area contributed by atoms with Crippen molar-refractivity contribution in [3.8, 4) is 0 Å². The zero-order valence-electron chi connectivity index (χ0n) is 6.00. The van der Waals surface area contributed by atoms with E-state index in [2.05, 4.69) is 61.5 Å². The minimum Gasteiger partial charge on any atom is -0.0976 e. The van der Waals surface area contributed by atoms with Gasteiger partial charge >= 0.3 is 0 Å². The monoisotopic (exact) mass is 240 g/mol. The largest absolute Gasteiger partial charge is 0.0976 e. The van der Waals surface area contributed by atoms with Crippen LogP contribution in [0, 0.1) is 0 Å². The zero-order valence-corrected chi connectivity index (χ0v) is 12.0. The molecule has 18 radical (unpaired) electrons. The van der Waals surface area contributed by atoms with Crippen LogP contribution in [0.4, 0.5) is 0 Å². The molecule has 0 aliphatic heterocycles. The molecule has 0 spiro atoms. The van der Waals surface area contributed by atoms with Gasteiger partial charge in [-0.05, 0) is 5.57 Å². The Morgan fingerprint density at radius 2 is 1.00 bits per heavy atom. The molecule has 0 amide bonds. The van der Waals surface area contributed by atoms with Crippen LogP contribution in [0.1, 0.15) is 0 Å². The molecule has 0 N–H and O–H groups in total. The third kappa shape index (κ3) is 1.59. The molecule has 0 aromatic carbocycles. The first kappa shape index (κ1) is 10.6. The molecule has 12 heavy (non-hydrogen) atoms. The Hall–Kier alpha value is 0.521. The average molecular weight is 241 g/mol. The fourth-order valence-corrected chi connectivity index (χ4v) is 3.50. The van der Waals surface area contributed by atoms with Gasteiger partial charge in [0, 0.05) is 0 Å². The summed E-state index contributed by atoms with van der Waals surface area (Å²) in [6.45, 7) is 0. The van der Waals surface area contributed by atoms with E-state index < -0.39 is 0 Å². The van der Waals surface area contributed by atoms with Crippen LogP contribution in [0.5, 0.6) is 0 Å². The van der Waals surface area contributed by atoms with Crippen LogP contribution in [-0.4, -0.2) is 61.5 Å². The number of hydrogen-bond acceptors (Lipinski definition) is 0. The predicted molar refractivity (Wildman–Crippen MR) is 55.6 cm³/mol. The summed E-state index contributed by atoms with van der Waals surface area (Å²) < 4.78 is 0. The fraction of sp³-hybridized carbons (Fsp3) is 0. The molecule has 0 heterocycles. The van der Waals surface area contributed by atoms with E-state index in [9.17, 15) is 0 Å². The molecular weight excluding hydrogens is 241 g/mol. The summed E-state index contributed by atoms with van der Waals surface area (Å²) in [5, 5.41) is 3.94. The van der Waals surface area contributed by atoms with Crippen molar-refractivity contribution in [2.45, 2.75) is 0 Å². The maximum atomic E-state index is 3.51. The van der Waals surface area contributed by atoms with Gasteiger partial charge in [-0.3, -0.25) is 0 Å². The number of allylic oxidation sites excluding steroid dienone is 5. The topological polar surface area (TPSA) is 0 Å². The van der Waals surface area contributed by atoms with E-state index in [4.69, 9.17) is 0 Å². The quantitative estimate of drug-likeness (QED) is 0.459. The maximum absolute atomic E-state index is 3.51. The first-order chi connectivity index (χ1) is 5.46. The molecule has 6 heteroatoms. The van der Waals surface area contributed by atoms with E-state index in [0.717, 1.165) is 31.2 Å². The molecule has 1 aliphatic carbocycles. The molecule has 0 fully saturated rings. The second-order valence-corrected chi connectivity index (χ2v) is 5.75. The van der Waals surface area contributed by atoms with Crippen molar-refractivity contribution in [2.24, 2.45) is 0 Å². The van der Waals surface area contributed by atoms with Crippen molar-refractivity contribution in [1.82, 2.24) is 0 Å². The van der Waals surface area contributed by atoms with Crippen molar-refractivity contribution in [3.63, 3.8) is 0 Å². The minimum atomic E-state index is 0.883. The smallest absolute Gasteiger partial charge is 0.0717 e. The standard InChI is InChI=1S/C6Si6/c7-2-1(6(11)12)3(8)5(10)4(2)9. The first-order valence-electron chi connectivity index (χ1n) is 3.00. The fourth-order valence-electron chi connectivity index (χ4n) is 0.875. The number of rotatable bonds is 0. The Kier molecular flexibility index (Phi) is 3.28. The van der Waals surface area contributed by atoms with Crippen LogP contribution in [0.3, 0.4) is 0 Å². The van der Waals surface area contributed by atoms with Gasteiger partial charge in [0.05, 0.1) is 61.5 Å². The molecule has 0 atom stereocenters. The lowest BCUT2D eigenvalue weighted by Gasteiger charge is -2.05. The Labute approximate surface area is 92.5 Å². The van der Waals surface area contributed by atoms with E-state index in [1.165, 1.54) is 0 Å². The third-order valence-corrected chi connectivity index (χ3v) is 4.75. The molecule has 48 valence electrons. The highest BCUT2D eigenvalue weighted by Gasteiger charge is 2.17. The predicted octanol–water partition coefficient (Wildman–Crippen LogP) is -1.35. The number of hydrogen-bond donors (Lipinski definition) is 0. The Balaban J connectivity index is 3.37. The highest BCUT2D eigenvalue weighted by Crippen LogP contribution is 2.30.